The van der Waals surface area contributed by atoms with E-state index in [0.717, 1.165) is 5.69 Å². The van der Waals surface area contributed by atoms with E-state index in [0.29, 0.717) is 54.6 Å². The maximum absolute atomic E-state index is 12.3. The average Bonchev–Trinajstić information content (AvgIpc) is 2.56. The Morgan fingerprint density at radius 2 is 1.83 bits per heavy atom. The van der Waals surface area contributed by atoms with Gasteiger partial charge in [-0.05, 0) is 43.4 Å². The molecule has 0 unspecified atom stereocenters. The lowest BCUT2D eigenvalue weighted by atomic mass is 10.3. The summed E-state index contributed by atoms with van der Waals surface area (Å²) in [7, 11) is 0. The molecule has 2 rings (SSSR count). The van der Waals surface area contributed by atoms with E-state index in [9.17, 15) is 13.6 Å². The number of thioether (sulfide) groups is 1. The van der Waals surface area contributed by atoms with Gasteiger partial charge in [-0.15, -0.1) is 0 Å². The number of halogens is 2. The second kappa shape index (κ2) is 9.03. The predicted molar refractivity (Wildman–Crippen MR) is 94.7 cm³/mol. The smallest absolute Gasteiger partial charge is 0.409 e. The molecule has 1 amide bonds. The van der Waals surface area contributed by atoms with E-state index < -0.39 is 5.76 Å². The number of rotatable bonds is 4. The highest BCUT2D eigenvalue weighted by molar-refractivity contribution is 7.99. The lowest BCUT2D eigenvalue weighted by Gasteiger charge is -2.35. The molecule has 0 radical (unpaired) electrons. The molecule has 1 aliphatic rings. The molecule has 0 atom stereocenters. The van der Waals surface area contributed by atoms with Gasteiger partial charge < -0.3 is 19.9 Å². The van der Waals surface area contributed by atoms with Crippen LogP contribution in [0.1, 0.15) is 6.92 Å². The van der Waals surface area contributed by atoms with E-state index in [2.05, 4.69) is 5.32 Å². The van der Waals surface area contributed by atoms with Crippen molar-refractivity contribution in [1.82, 2.24) is 9.80 Å². The van der Waals surface area contributed by atoms with Crippen LogP contribution in [0.5, 0.6) is 0 Å². The molecule has 5 nitrogen and oxygen atoms in total. The minimum absolute atomic E-state index is 0.303. The number of carbonyl (C=O) groups is 1. The van der Waals surface area contributed by atoms with Gasteiger partial charge in [0.15, 0.2) is 5.11 Å². The summed E-state index contributed by atoms with van der Waals surface area (Å²) in [6.45, 7) is 4.46. The summed E-state index contributed by atoms with van der Waals surface area (Å²) in [4.78, 5) is 15.8. The van der Waals surface area contributed by atoms with Crippen LogP contribution in [0.2, 0.25) is 0 Å². The van der Waals surface area contributed by atoms with Gasteiger partial charge in [0, 0.05) is 36.8 Å². The minimum atomic E-state index is -2.43. The van der Waals surface area contributed by atoms with Crippen LogP contribution in [0.25, 0.3) is 0 Å². The molecule has 24 heavy (non-hydrogen) atoms. The molecule has 132 valence electrons. The lowest BCUT2D eigenvalue weighted by Crippen LogP contribution is -2.51. The summed E-state index contributed by atoms with van der Waals surface area (Å²) >= 11 is 5.88. The van der Waals surface area contributed by atoms with Gasteiger partial charge in [-0.1, -0.05) is 11.8 Å². The Hall–Kier alpha value is -1.61. The van der Waals surface area contributed by atoms with Crippen molar-refractivity contribution in [2.75, 3.05) is 38.1 Å². The Morgan fingerprint density at radius 1 is 1.25 bits per heavy atom. The highest BCUT2D eigenvalue weighted by atomic mass is 32.2. The normalized spacial score (nSPS) is 14.7. The molecule has 0 spiro atoms. The van der Waals surface area contributed by atoms with Crippen LogP contribution < -0.4 is 5.32 Å². The molecule has 1 aromatic rings. The minimum Gasteiger partial charge on any atom is -0.450 e. The van der Waals surface area contributed by atoms with Crippen molar-refractivity contribution < 1.29 is 18.3 Å². The third kappa shape index (κ3) is 5.48. The molecule has 1 heterocycles. The molecule has 1 fully saturated rings. The number of alkyl halides is 2. The summed E-state index contributed by atoms with van der Waals surface area (Å²) in [5.74, 6) is -2.43. The van der Waals surface area contributed by atoms with Crippen LogP contribution in [-0.4, -0.2) is 59.5 Å². The number of ether oxygens (including phenoxy) is 1. The molecule has 0 aromatic heterocycles. The van der Waals surface area contributed by atoms with Crippen LogP contribution in [0.15, 0.2) is 29.2 Å². The quantitative estimate of drug-likeness (QED) is 0.642. The highest BCUT2D eigenvalue weighted by Gasteiger charge is 2.23. The Kier molecular flexibility index (Phi) is 7.04. The topological polar surface area (TPSA) is 44.8 Å². The van der Waals surface area contributed by atoms with Gasteiger partial charge in [-0.2, -0.15) is 8.78 Å². The van der Waals surface area contributed by atoms with Gasteiger partial charge >= 0.3 is 6.09 Å². The van der Waals surface area contributed by atoms with Crippen LogP contribution >= 0.6 is 24.0 Å². The summed E-state index contributed by atoms with van der Waals surface area (Å²) < 4.78 is 29.6. The first-order valence-corrected chi connectivity index (χ1v) is 8.81. The predicted octanol–water partition coefficient (Wildman–Crippen LogP) is 3.47. The molecular formula is C15H19F2N3O2S2. The van der Waals surface area contributed by atoms with E-state index in [1.54, 1.807) is 36.1 Å². The number of piperazine rings is 1. The van der Waals surface area contributed by atoms with Crippen molar-refractivity contribution in [3.8, 4) is 0 Å². The zero-order valence-corrected chi connectivity index (χ0v) is 14.8. The van der Waals surface area contributed by atoms with Gasteiger partial charge in [-0.3, -0.25) is 0 Å². The second-order valence-electron chi connectivity index (χ2n) is 5.01. The van der Waals surface area contributed by atoms with Crippen molar-refractivity contribution >= 4 is 40.9 Å². The molecule has 1 saturated heterocycles. The summed E-state index contributed by atoms with van der Waals surface area (Å²) in [5, 5.41) is 3.64. The number of hydrogen-bond donors (Lipinski definition) is 1. The fourth-order valence-corrected chi connectivity index (χ4v) is 3.03. The van der Waals surface area contributed by atoms with Gasteiger partial charge in [0.25, 0.3) is 5.76 Å². The van der Waals surface area contributed by atoms with Crippen molar-refractivity contribution in [2.24, 2.45) is 0 Å². The van der Waals surface area contributed by atoms with Gasteiger partial charge in [0.05, 0.1) is 6.61 Å². The second-order valence-corrected chi connectivity index (χ2v) is 6.46. The monoisotopic (exact) mass is 375 g/mol. The molecular weight excluding hydrogens is 356 g/mol. The van der Waals surface area contributed by atoms with Crippen molar-refractivity contribution in [1.29, 1.82) is 0 Å². The number of amides is 1. The van der Waals surface area contributed by atoms with E-state index in [1.807, 2.05) is 4.90 Å². The third-order valence-corrected chi connectivity index (χ3v) is 4.51. The fraction of sp³-hybridized carbons (Fsp3) is 0.467. The van der Waals surface area contributed by atoms with Gasteiger partial charge in [0.1, 0.15) is 0 Å². The molecule has 1 aromatic carbocycles. The Morgan fingerprint density at radius 3 is 2.38 bits per heavy atom. The van der Waals surface area contributed by atoms with E-state index in [4.69, 9.17) is 17.0 Å². The highest BCUT2D eigenvalue weighted by Crippen LogP contribution is 2.26. The van der Waals surface area contributed by atoms with Gasteiger partial charge in [-0.25, -0.2) is 4.79 Å². The number of benzene rings is 1. The largest absolute Gasteiger partial charge is 0.450 e. The molecule has 1 N–H and O–H groups in total. The summed E-state index contributed by atoms with van der Waals surface area (Å²) in [6, 6.07) is 6.68. The summed E-state index contributed by atoms with van der Waals surface area (Å²) in [5.41, 5.74) is 0.742. The van der Waals surface area contributed by atoms with Crippen LogP contribution in [0.3, 0.4) is 0 Å². The number of anilines is 1. The number of thiocarbonyl (C=S) groups is 1. The molecule has 9 heteroatoms. The molecule has 0 aliphatic carbocycles. The van der Waals surface area contributed by atoms with Crippen molar-refractivity contribution in [2.45, 2.75) is 17.6 Å². The van der Waals surface area contributed by atoms with Crippen molar-refractivity contribution in [3.05, 3.63) is 24.3 Å². The molecule has 1 aliphatic heterocycles. The van der Waals surface area contributed by atoms with Gasteiger partial charge in [0.2, 0.25) is 0 Å². The zero-order valence-electron chi connectivity index (χ0n) is 13.2. The van der Waals surface area contributed by atoms with Crippen LogP contribution in [0.4, 0.5) is 19.3 Å². The Labute approximate surface area is 149 Å². The Bertz CT molecular complexity index is 564. The first kappa shape index (κ1) is 18.7. The third-order valence-electron chi connectivity index (χ3n) is 3.42. The fourth-order valence-electron chi connectivity index (χ4n) is 2.23. The standard InChI is InChI=1S/C15H19F2N3O2S2/c1-2-22-15(21)20-9-7-19(8-10-20)14(23)18-11-3-5-12(6-4-11)24-13(16)17/h3-6,13H,2,7-10H2,1H3,(H,18,23). The first-order chi connectivity index (χ1) is 11.5. The molecule has 0 bridgehead atoms. The maximum Gasteiger partial charge on any atom is 0.409 e. The SMILES string of the molecule is CCOC(=O)N1CCN(C(=S)Nc2ccc(SC(F)F)cc2)CC1. The average molecular weight is 375 g/mol. The van der Waals surface area contributed by atoms with Crippen LogP contribution in [-0.2, 0) is 4.74 Å². The summed E-state index contributed by atoms with van der Waals surface area (Å²) in [6.07, 6.45) is -0.303. The number of nitrogens with zero attached hydrogens (tertiary/aromatic N) is 2. The maximum atomic E-state index is 12.3. The lowest BCUT2D eigenvalue weighted by molar-refractivity contribution is 0.0923. The van der Waals surface area contributed by atoms with E-state index in [1.165, 1.54) is 0 Å². The van der Waals surface area contributed by atoms with E-state index >= 15 is 0 Å². The van der Waals surface area contributed by atoms with Crippen molar-refractivity contribution in [3.63, 3.8) is 0 Å². The van der Waals surface area contributed by atoms with Crippen LogP contribution in [0, 0.1) is 0 Å². The Balaban J connectivity index is 1.82. The zero-order chi connectivity index (χ0) is 17.5. The molecule has 0 saturated carbocycles. The first-order valence-electron chi connectivity index (χ1n) is 7.52. The van der Waals surface area contributed by atoms with E-state index in [-0.39, 0.29) is 6.09 Å². The number of carbonyl (C=O) groups excluding carboxylic acids is 1. The number of nitrogens with one attached hydrogen (secondary N) is 1. The number of hydrogen-bond acceptors (Lipinski definition) is 4.